The number of allylic oxidation sites excluding steroid dienone is 3. The Labute approximate surface area is 337 Å². The Hall–Kier alpha value is -2.95. The van der Waals surface area contributed by atoms with Crippen LogP contribution < -0.4 is 15.0 Å². The van der Waals surface area contributed by atoms with Crippen LogP contribution >= 0.6 is 33.2 Å². The highest BCUT2D eigenvalue weighted by atomic mass is 35.5. The number of nitrogens with zero attached hydrogens (tertiary/aromatic N) is 2. The second-order valence-electron chi connectivity index (χ2n) is 15.4. The van der Waals surface area contributed by atoms with Gasteiger partial charge in [-0.15, -0.1) is 0 Å². The number of ether oxygens (including phenoxy) is 5. The first-order valence-electron chi connectivity index (χ1n) is 18.3. The van der Waals surface area contributed by atoms with Crippen LogP contribution in [0.5, 0.6) is 5.75 Å². The summed E-state index contributed by atoms with van der Waals surface area (Å²) >= 11 is 6.78. The number of alkyl carbamates (subject to hydrolysis) is 1. The normalized spacial score (nSPS) is 29.3. The van der Waals surface area contributed by atoms with E-state index in [0.29, 0.717) is 24.3 Å². The van der Waals surface area contributed by atoms with Gasteiger partial charge in [0, 0.05) is 44.7 Å². The number of carbonyl (C=O) groups excluding carboxylic acids is 4. The number of epoxide rings is 1. The van der Waals surface area contributed by atoms with Gasteiger partial charge < -0.3 is 38.6 Å². The van der Waals surface area contributed by atoms with Crippen molar-refractivity contribution in [3.05, 3.63) is 46.5 Å². The summed E-state index contributed by atoms with van der Waals surface area (Å²) in [5.74, 6) is -1.50. The molecule has 0 radical (unpaired) electrons. The minimum Gasteiger partial charge on any atom is -0.495 e. The molecule has 0 aromatic heterocycles. The molecule has 3 heterocycles. The number of methoxy groups -OCH3 is 2. The summed E-state index contributed by atoms with van der Waals surface area (Å²) in [5, 5.41) is 14.5. The van der Waals surface area contributed by atoms with Crippen molar-refractivity contribution in [1.29, 1.82) is 0 Å². The lowest BCUT2D eigenvalue weighted by molar-refractivity contribution is -0.162. The molecule has 3 aliphatic rings. The third-order valence-corrected chi connectivity index (χ3v) is 13.8. The van der Waals surface area contributed by atoms with E-state index < -0.39 is 65.7 Å². The number of anilines is 1. The van der Waals surface area contributed by atoms with Crippen molar-refractivity contribution in [2.24, 2.45) is 5.92 Å². The number of halogens is 1. The summed E-state index contributed by atoms with van der Waals surface area (Å²) in [6.07, 6.45) is 3.81. The number of rotatable bonds is 10. The summed E-state index contributed by atoms with van der Waals surface area (Å²) in [6, 6.07) is 2.62. The van der Waals surface area contributed by atoms with Gasteiger partial charge in [-0.05, 0) is 71.4 Å². The summed E-state index contributed by atoms with van der Waals surface area (Å²) < 4.78 is 29.2. The van der Waals surface area contributed by atoms with Gasteiger partial charge in [0.25, 0.3) is 0 Å². The van der Waals surface area contributed by atoms with Crippen LogP contribution in [0.3, 0.4) is 0 Å². The second kappa shape index (κ2) is 18.1. The molecule has 1 aromatic rings. The second-order valence-corrected chi connectivity index (χ2v) is 18.9. The fourth-order valence-electron chi connectivity index (χ4n) is 7.07. The van der Waals surface area contributed by atoms with Crippen molar-refractivity contribution in [3.8, 4) is 5.75 Å². The molecule has 1 aromatic carbocycles. The van der Waals surface area contributed by atoms with Gasteiger partial charge in [-0.25, -0.2) is 9.59 Å². The van der Waals surface area contributed by atoms with Crippen LogP contribution in [0, 0.1) is 5.92 Å². The van der Waals surface area contributed by atoms with Crippen molar-refractivity contribution in [2.75, 3.05) is 39.5 Å². The molecule has 0 aliphatic carbocycles. The Morgan fingerprint density at radius 2 is 1.95 bits per heavy atom. The molecule has 2 fully saturated rings. The molecule has 3 aliphatic heterocycles. The third kappa shape index (κ3) is 10.5. The first kappa shape index (κ1) is 44.8. The van der Waals surface area contributed by atoms with Crippen molar-refractivity contribution in [2.45, 2.75) is 120 Å². The van der Waals surface area contributed by atoms with Crippen LogP contribution in [-0.4, -0.2) is 115 Å². The van der Waals surface area contributed by atoms with Gasteiger partial charge in [0.15, 0.2) is 5.72 Å². The maximum absolute atomic E-state index is 14.2. The van der Waals surface area contributed by atoms with Gasteiger partial charge in [-0.2, -0.15) is 0 Å². The first-order valence-corrected chi connectivity index (χ1v) is 21.2. The molecule has 55 heavy (non-hydrogen) atoms. The summed E-state index contributed by atoms with van der Waals surface area (Å²) in [5.41, 5.74) is -0.900. The maximum Gasteiger partial charge on any atom is 0.409 e. The van der Waals surface area contributed by atoms with Crippen LogP contribution in [0.25, 0.3) is 0 Å². The van der Waals surface area contributed by atoms with Gasteiger partial charge in [-0.1, -0.05) is 63.9 Å². The van der Waals surface area contributed by atoms with E-state index in [1.165, 1.54) is 24.0 Å². The van der Waals surface area contributed by atoms with Gasteiger partial charge >= 0.3 is 12.1 Å². The largest absolute Gasteiger partial charge is 0.495 e. The van der Waals surface area contributed by atoms with Crippen LogP contribution in [0.2, 0.25) is 5.02 Å². The predicted molar refractivity (Wildman–Crippen MR) is 215 cm³/mol. The molecular weight excluding hydrogens is 770 g/mol. The summed E-state index contributed by atoms with van der Waals surface area (Å²) in [7, 11) is 9.39. The minimum atomic E-state index is -1.83. The zero-order valence-corrected chi connectivity index (χ0v) is 36.0. The molecule has 0 spiro atoms. The molecule has 2 saturated heterocycles. The molecule has 0 saturated carbocycles. The number of nitrogens with one attached hydrogen (secondary N) is 1. The number of amides is 3. The number of carbonyl (C=O) groups is 4. The highest BCUT2D eigenvalue weighted by Gasteiger charge is 2.64. The predicted octanol–water partition coefficient (Wildman–Crippen LogP) is 6.08. The maximum atomic E-state index is 14.2. The topological polar surface area (TPSA) is 156 Å². The molecule has 2 N–H and O–H groups in total. The molecular formula is C39H56ClN3O10S2. The number of hydrogen-bond acceptors (Lipinski definition) is 12. The summed E-state index contributed by atoms with van der Waals surface area (Å²) in [4.78, 5) is 56.9. The van der Waals surface area contributed by atoms with Gasteiger partial charge in [0.2, 0.25) is 11.8 Å². The Morgan fingerprint density at radius 1 is 1.25 bits per heavy atom. The van der Waals surface area contributed by atoms with Crippen molar-refractivity contribution in [1.82, 2.24) is 10.2 Å². The van der Waals surface area contributed by atoms with E-state index in [4.69, 9.17) is 35.3 Å². The number of esters is 1. The molecule has 8 atom stereocenters. The van der Waals surface area contributed by atoms with E-state index in [1.54, 1.807) is 73.8 Å². The average Bonchev–Trinajstić information content (AvgIpc) is 3.82. The van der Waals surface area contributed by atoms with E-state index in [0.717, 1.165) is 11.1 Å². The summed E-state index contributed by atoms with van der Waals surface area (Å²) in [6.45, 7) is 11.2. The molecule has 306 valence electrons. The molecule has 7 unspecified atom stereocenters. The standard InChI is InChI=1S/C39H56ClN3O10S2/c1-22-13-12-14-29(50-10)39(48)21-28(51-36(47)41-39)23(2)34-38(6,53-34)30(20-32(45)43(8)26-18-25(17-22)19-27(49-9)33(26)40)52-35(46)24(3)42(7)31(44)15-16-37(4,5)55-54-11/h12-14,18-19,23-24,28-30,34,48H,15-17,20-21H2,1-11H3,(H,41,47)/t23?,24-,28?,29?,30?,34?,38?,39?/m1/s1. The van der Waals surface area contributed by atoms with Gasteiger partial charge in [-0.3, -0.25) is 14.9 Å². The van der Waals surface area contributed by atoms with Crippen molar-refractivity contribution >= 4 is 62.8 Å². The Balaban J connectivity index is 1.71. The zero-order valence-electron chi connectivity index (χ0n) is 33.6. The molecule has 16 heteroatoms. The number of aliphatic hydroxyl groups is 1. The third-order valence-electron chi connectivity index (χ3n) is 10.8. The Morgan fingerprint density at radius 3 is 2.58 bits per heavy atom. The van der Waals surface area contributed by atoms with E-state index in [9.17, 15) is 24.3 Å². The number of hydrogen-bond donors (Lipinski definition) is 2. The lowest BCUT2D eigenvalue weighted by atomic mass is 9.83. The lowest BCUT2D eigenvalue weighted by Gasteiger charge is -2.42. The zero-order chi connectivity index (χ0) is 41.0. The molecule has 3 amide bonds. The average molecular weight is 826 g/mol. The van der Waals surface area contributed by atoms with E-state index >= 15 is 0 Å². The quantitative estimate of drug-likeness (QED) is 0.160. The highest BCUT2D eigenvalue weighted by Crippen LogP contribution is 2.49. The monoisotopic (exact) mass is 825 g/mol. The molecule has 4 bridgehead atoms. The van der Waals surface area contributed by atoms with Crippen LogP contribution in [0.4, 0.5) is 10.5 Å². The lowest BCUT2D eigenvalue weighted by Crippen LogP contribution is -2.63. The Bertz CT molecular complexity index is 1680. The number of fused-ring (bicyclic) bond motifs is 5. The van der Waals surface area contributed by atoms with E-state index in [2.05, 4.69) is 19.2 Å². The Kier molecular flexibility index (Phi) is 14.7. The smallest absolute Gasteiger partial charge is 0.409 e. The van der Waals surface area contributed by atoms with Gasteiger partial charge in [0.1, 0.15) is 40.7 Å². The van der Waals surface area contributed by atoms with Gasteiger partial charge in [0.05, 0.1) is 25.3 Å². The fraction of sp³-hybridized carbons (Fsp3) is 0.641. The minimum absolute atomic E-state index is 0.0478. The van der Waals surface area contributed by atoms with E-state index in [1.807, 2.05) is 26.2 Å². The first-order chi connectivity index (χ1) is 25.7. The highest BCUT2D eigenvalue weighted by molar-refractivity contribution is 8.76. The fourth-order valence-corrected chi connectivity index (χ4v) is 9.62. The van der Waals surface area contributed by atoms with E-state index in [-0.39, 0.29) is 34.9 Å². The SMILES string of the molecule is COc1cc2cc(c1Cl)N(C)C(=O)CC(OC(=O)[C@@H](C)N(C)C(=O)CCC(C)(C)SSC)C1(C)OC1C(C)C1CC(O)(NC(=O)O1)C(OC)C=CC=C(C)C2. The van der Waals surface area contributed by atoms with Crippen molar-refractivity contribution in [3.63, 3.8) is 0 Å². The van der Waals surface area contributed by atoms with Crippen LogP contribution in [-0.2, 0) is 39.8 Å². The molecule has 4 rings (SSSR count). The number of benzene rings is 1. The van der Waals surface area contributed by atoms with Crippen LogP contribution in [0.1, 0.15) is 72.8 Å². The van der Waals surface area contributed by atoms with Crippen molar-refractivity contribution < 1.29 is 48.0 Å². The van der Waals surface area contributed by atoms with Crippen LogP contribution in [0.15, 0.2) is 35.9 Å². The number of likely N-dealkylation sites (N-methyl/N-ethyl adjacent to an activating group) is 1. The molecule has 13 nitrogen and oxygen atoms in total.